The van der Waals surface area contributed by atoms with Gasteiger partial charge in [0.1, 0.15) is 0 Å². The third-order valence-electron chi connectivity index (χ3n) is 3.16. The molecule has 0 aromatic heterocycles. The topological polar surface area (TPSA) is 117 Å². The first kappa shape index (κ1) is 17.3. The van der Waals surface area contributed by atoms with Gasteiger partial charge in [-0.3, -0.25) is 10.1 Å². The summed E-state index contributed by atoms with van der Waals surface area (Å²) in [6, 6.07) is 4.19. The highest BCUT2D eigenvalue weighted by Crippen LogP contribution is 2.32. The first-order chi connectivity index (χ1) is 11.4. The number of imide groups is 1. The van der Waals surface area contributed by atoms with Crippen molar-refractivity contribution in [3.8, 4) is 11.5 Å². The number of hydrogen-bond acceptors (Lipinski definition) is 6. The largest absolute Gasteiger partial charge is 0.454 e. The van der Waals surface area contributed by atoms with Gasteiger partial charge in [-0.15, -0.1) is 0 Å². The lowest BCUT2D eigenvalue weighted by molar-refractivity contribution is -0.153. The van der Waals surface area contributed by atoms with Gasteiger partial charge in [-0.05, 0) is 29.7 Å². The van der Waals surface area contributed by atoms with Gasteiger partial charge in [-0.2, -0.15) is 0 Å². The van der Waals surface area contributed by atoms with Crippen molar-refractivity contribution in [3.05, 3.63) is 29.8 Å². The van der Waals surface area contributed by atoms with Crippen LogP contribution in [0.5, 0.6) is 11.5 Å². The van der Waals surface area contributed by atoms with Crippen LogP contribution in [-0.2, 0) is 14.3 Å². The highest BCUT2D eigenvalue weighted by Gasteiger charge is 2.26. The molecule has 1 aromatic carbocycles. The highest BCUT2D eigenvalue weighted by atomic mass is 16.7. The van der Waals surface area contributed by atoms with E-state index in [1.807, 2.05) is 5.32 Å². The Bertz CT molecular complexity index is 683. The first-order valence-corrected chi connectivity index (χ1v) is 7.25. The lowest BCUT2D eigenvalue weighted by Crippen LogP contribution is -2.45. The number of primary amides is 1. The molecule has 3 N–H and O–H groups in total. The molecule has 0 fully saturated rings. The van der Waals surface area contributed by atoms with E-state index in [1.54, 1.807) is 32.0 Å². The van der Waals surface area contributed by atoms with Gasteiger partial charge in [-0.25, -0.2) is 9.59 Å². The highest BCUT2D eigenvalue weighted by molar-refractivity contribution is 5.97. The average Bonchev–Trinajstić information content (AvgIpc) is 2.97. The number of rotatable bonds is 5. The van der Waals surface area contributed by atoms with Gasteiger partial charge >= 0.3 is 12.0 Å². The number of nitrogens with two attached hydrogens (primary N) is 1. The molecule has 1 aliphatic heterocycles. The average molecular weight is 334 g/mol. The number of carbonyl (C=O) groups excluding carboxylic acids is 3. The summed E-state index contributed by atoms with van der Waals surface area (Å²) in [6.45, 7) is 3.52. The summed E-state index contributed by atoms with van der Waals surface area (Å²) in [5, 5.41) is 1.90. The Balaban J connectivity index is 2.00. The minimum Gasteiger partial charge on any atom is -0.454 e. The van der Waals surface area contributed by atoms with E-state index >= 15 is 0 Å². The number of fused-ring (bicyclic) bond motifs is 1. The van der Waals surface area contributed by atoms with Crippen LogP contribution in [0.4, 0.5) is 4.79 Å². The van der Waals surface area contributed by atoms with Crippen LogP contribution >= 0.6 is 0 Å². The lowest BCUT2D eigenvalue weighted by atomic mass is 10.1. The van der Waals surface area contributed by atoms with Crippen molar-refractivity contribution in [1.82, 2.24) is 5.32 Å². The number of amides is 3. The molecule has 0 radical (unpaired) electrons. The number of carbonyl (C=O) groups is 3. The van der Waals surface area contributed by atoms with Gasteiger partial charge in [0.2, 0.25) is 6.79 Å². The van der Waals surface area contributed by atoms with Crippen molar-refractivity contribution < 1.29 is 28.6 Å². The molecule has 128 valence electrons. The van der Waals surface area contributed by atoms with E-state index in [0.29, 0.717) is 17.1 Å². The van der Waals surface area contributed by atoms with E-state index in [1.165, 1.54) is 12.2 Å². The zero-order valence-corrected chi connectivity index (χ0v) is 13.3. The molecule has 0 spiro atoms. The molecule has 1 atom stereocenters. The zero-order valence-electron chi connectivity index (χ0n) is 13.3. The van der Waals surface area contributed by atoms with Crippen LogP contribution in [0, 0.1) is 5.92 Å². The summed E-state index contributed by atoms with van der Waals surface area (Å²) in [5.74, 6) is -0.579. The molecule has 0 aliphatic carbocycles. The quantitative estimate of drug-likeness (QED) is 0.617. The third kappa shape index (κ3) is 4.48. The van der Waals surface area contributed by atoms with Crippen molar-refractivity contribution in [1.29, 1.82) is 0 Å². The van der Waals surface area contributed by atoms with Crippen LogP contribution in [0.3, 0.4) is 0 Å². The Morgan fingerprint density at radius 3 is 2.62 bits per heavy atom. The van der Waals surface area contributed by atoms with Gasteiger partial charge in [0, 0.05) is 6.08 Å². The fraction of sp³-hybridized carbons (Fsp3) is 0.312. The number of ether oxygens (including phenoxy) is 3. The Morgan fingerprint density at radius 1 is 1.25 bits per heavy atom. The van der Waals surface area contributed by atoms with Crippen molar-refractivity contribution in [2.45, 2.75) is 20.0 Å². The summed E-state index contributed by atoms with van der Waals surface area (Å²) < 4.78 is 15.5. The Hall–Kier alpha value is -3.03. The number of nitrogens with one attached hydrogen (secondary N) is 1. The molecule has 0 unspecified atom stereocenters. The summed E-state index contributed by atoms with van der Waals surface area (Å²) in [5.41, 5.74) is 5.60. The molecule has 8 heteroatoms. The van der Waals surface area contributed by atoms with E-state index in [9.17, 15) is 14.4 Å². The maximum absolute atomic E-state index is 11.9. The van der Waals surface area contributed by atoms with Gasteiger partial charge < -0.3 is 19.9 Å². The van der Waals surface area contributed by atoms with Crippen LogP contribution in [-0.4, -0.2) is 30.8 Å². The minimum absolute atomic E-state index is 0.162. The Morgan fingerprint density at radius 2 is 1.96 bits per heavy atom. The third-order valence-corrected chi connectivity index (χ3v) is 3.16. The molecular weight excluding hydrogens is 316 g/mol. The summed E-state index contributed by atoms with van der Waals surface area (Å²) >= 11 is 0. The molecule has 1 heterocycles. The van der Waals surface area contributed by atoms with Crippen LogP contribution in [0.1, 0.15) is 19.4 Å². The second-order valence-electron chi connectivity index (χ2n) is 5.40. The molecule has 2 rings (SSSR count). The van der Waals surface area contributed by atoms with Gasteiger partial charge in [-0.1, -0.05) is 19.9 Å². The molecule has 0 saturated carbocycles. The molecule has 1 aromatic rings. The lowest BCUT2D eigenvalue weighted by Gasteiger charge is -2.18. The van der Waals surface area contributed by atoms with Crippen LogP contribution in [0.2, 0.25) is 0 Å². The van der Waals surface area contributed by atoms with E-state index in [0.717, 1.165) is 0 Å². The monoisotopic (exact) mass is 334 g/mol. The number of hydrogen-bond donors (Lipinski definition) is 2. The minimum atomic E-state index is -1.12. The predicted octanol–water partition coefficient (Wildman–Crippen LogP) is 1.19. The Kier molecular flexibility index (Phi) is 5.41. The van der Waals surface area contributed by atoms with Gasteiger partial charge in [0.05, 0.1) is 0 Å². The van der Waals surface area contributed by atoms with Crippen LogP contribution < -0.4 is 20.5 Å². The predicted molar refractivity (Wildman–Crippen MR) is 84.0 cm³/mol. The maximum atomic E-state index is 11.9. The molecule has 1 aliphatic rings. The maximum Gasteiger partial charge on any atom is 0.331 e. The van der Waals surface area contributed by atoms with Crippen molar-refractivity contribution >= 4 is 24.0 Å². The summed E-state index contributed by atoms with van der Waals surface area (Å²) in [7, 11) is 0. The first-order valence-electron chi connectivity index (χ1n) is 7.25. The Labute approximate surface area is 138 Å². The van der Waals surface area contributed by atoms with E-state index in [2.05, 4.69) is 0 Å². The normalized spacial score (nSPS) is 13.8. The number of benzene rings is 1. The molecule has 24 heavy (non-hydrogen) atoms. The standard InChI is InChI=1S/C16H18N2O6/c1-9(2)14(15(20)18-16(17)21)24-13(19)6-4-10-3-5-11-12(7-10)23-8-22-11/h3-7,9,14H,8H2,1-2H3,(H3,17,18,20,21)/b6-4+/t14-/m1/s1. The second kappa shape index (κ2) is 7.49. The van der Waals surface area contributed by atoms with Crippen molar-refractivity contribution in [2.75, 3.05) is 6.79 Å². The van der Waals surface area contributed by atoms with Gasteiger partial charge in [0.15, 0.2) is 17.6 Å². The van der Waals surface area contributed by atoms with Crippen LogP contribution in [0.25, 0.3) is 6.08 Å². The SMILES string of the molecule is CC(C)[C@@H](OC(=O)/C=C/c1ccc2c(c1)OCO2)C(=O)NC(N)=O. The van der Waals surface area contributed by atoms with E-state index < -0.39 is 24.0 Å². The summed E-state index contributed by atoms with van der Waals surface area (Å²) in [4.78, 5) is 34.4. The van der Waals surface area contributed by atoms with E-state index in [-0.39, 0.29) is 12.7 Å². The fourth-order valence-electron chi connectivity index (χ4n) is 2.03. The molecule has 0 bridgehead atoms. The van der Waals surface area contributed by atoms with Crippen molar-refractivity contribution in [3.63, 3.8) is 0 Å². The van der Waals surface area contributed by atoms with Crippen molar-refractivity contribution in [2.24, 2.45) is 11.7 Å². The molecule has 3 amide bonds. The van der Waals surface area contributed by atoms with Gasteiger partial charge in [0.25, 0.3) is 5.91 Å². The molecule has 8 nitrogen and oxygen atoms in total. The fourth-order valence-corrected chi connectivity index (χ4v) is 2.03. The molecular formula is C16H18N2O6. The number of esters is 1. The summed E-state index contributed by atoms with van der Waals surface area (Å²) in [6.07, 6.45) is 1.59. The zero-order chi connectivity index (χ0) is 17.7. The van der Waals surface area contributed by atoms with E-state index in [4.69, 9.17) is 19.9 Å². The number of urea groups is 1. The second-order valence-corrected chi connectivity index (χ2v) is 5.40. The van der Waals surface area contributed by atoms with Crippen LogP contribution in [0.15, 0.2) is 24.3 Å². The smallest absolute Gasteiger partial charge is 0.331 e. The molecule has 0 saturated heterocycles.